The fourth-order valence-corrected chi connectivity index (χ4v) is 2.14. The number of benzene rings is 1. The van der Waals surface area contributed by atoms with Gasteiger partial charge in [-0.15, -0.1) is 0 Å². The van der Waals surface area contributed by atoms with E-state index in [4.69, 9.17) is 5.11 Å². The molecule has 1 aromatic carbocycles. The minimum absolute atomic E-state index is 0.225. The van der Waals surface area contributed by atoms with Gasteiger partial charge in [-0.2, -0.15) is 0 Å². The van der Waals surface area contributed by atoms with Crippen molar-refractivity contribution >= 4 is 6.09 Å². The number of nitrogens with one attached hydrogen (secondary N) is 1. The Balaban J connectivity index is 3.06. The van der Waals surface area contributed by atoms with Gasteiger partial charge in [0.05, 0.1) is 0 Å². The largest absolute Gasteiger partial charge is 0.508 e. The highest BCUT2D eigenvalue weighted by Gasteiger charge is 2.31. The molecule has 4 heteroatoms. The molecule has 1 aromatic rings. The van der Waals surface area contributed by atoms with Crippen LogP contribution in [0.25, 0.3) is 0 Å². The minimum Gasteiger partial charge on any atom is -0.508 e. The van der Waals surface area contributed by atoms with Crippen molar-refractivity contribution in [3.8, 4) is 5.75 Å². The topological polar surface area (TPSA) is 69.6 Å². The van der Waals surface area contributed by atoms with Crippen molar-refractivity contribution in [1.29, 1.82) is 0 Å². The summed E-state index contributed by atoms with van der Waals surface area (Å²) in [5, 5.41) is 21.0. The molecule has 1 amide bonds. The maximum absolute atomic E-state index is 10.6. The molecule has 1 rings (SSSR count). The molecule has 94 valence electrons. The Morgan fingerprint density at radius 2 is 1.88 bits per heavy atom. The summed E-state index contributed by atoms with van der Waals surface area (Å²) in [4.78, 5) is 10.6. The van der Waals surface area contributed by atoms with Gasteiger partial charge in [-0.05, 0) is 18.9 Å². The molecule has 0 aliphatic rings. The molecule has 0 saturated heterocycles. The molecular formula is C13H19NO3. The first-order valence-electron chi connectivity index (χ1n) is 5.81. The number of carbonyl (C=O) groups is 1. The molecule has 4 nitrogen and oxygen atoms in total. The number of amides is 1. The van der Waals surface area contributed by atoms with E-state index >= 15 is 0 Å². The summed E-state index contributed by atoms with van der Waals surface area (Å²) in [6, 6.07) is 7.11. The number of aromatic hydroxyl groups is 1. The fourth-order valence-electron chi connectivity index (χ4n) is 2.14. The molecule has 0 heterocycles. The van der Waals surface area contributed by atoms with E-state index in [0.717, 1.165) is 18.4 Å². The van der Waals surface area contributed by atoms with Crippen molar-refractivity contribution in [2.75, 3.05) is 6.54 Å². The Bertz CT molecular complexity index is 386. The summed E-state index contributed by atoms with van der Waals surface area (Å²) >= 11 is 0. The molecule has 0 aromatic heterocycles. The Morgan fingerprint density at radius 1 is 1.29 bits per heavy atom. The van der Waals surface area contributed by atoms with E-state index in [1.54, 1.807) is 12.1 Å². The third-order valence-electron chi connectivity index (χ3n) is 3.41. The van der Waals surface area contributed by atoms with Gasteiger partial charge in [-0.25, -0.2) is 4.79 Å². The first-order chi connectivity index (χ1) is 8.05. The van der Waals surface area contributed by atoms with E-state index in [9.17, 15) is 9.90 Å². The van der Waals surface area contributed by atoms with Crippen molar-refractivity contribution in [1.82, 2.24) is 5.32 Å². The predicted octanol–water partition coefficient (Wildman–Crippen LogP) is 2.72. The number of hydrogen-bond donors (Lipinski definition) is 3. The molecule has 0 fully saturated rings. The molecule has 17 heavy (non-hydrogen) atoms. The van der Waals surface area contributed by atoms with Crippen LogP contribution in [-0.2, 0) is 5.41 Å². The van der Waals surface area contributed by atoms with E-state index in [2.05, 4.69) is 5.32 Å². The molecule has 0 atom stereocenters. The molecule has 0 bridgehead atoms. The van der Waals surface area contributed by atoms with Crippen LogP contribution in [-0.4, -0.2) is 22.9 Å². The van der Waals surface area contributed by atoms with E-state index in [1.165, 1.54) is 0 Å². The Kier molecular flexibility index (Phi) is 4.37. The maximum Gasteiger partial charge on any atom is 0.404 e. The van der Waals surface area contributed by atoms with Gasteiger partial charge in [0.2, 0.25) is 0 Å². The highest BCUT2D eigenvalue weighted by atomic mass is 16.4. The first-order valence-corrected chi connectivity index (χ1v) is 5.81. The number of carboxylic acid groups (broad SMARTS) is 1. The minimum atomic E-state index is -1.04. The van der Waals surface area contributed by atoms with E-state index < -0.39 is 6.09 Å². The quantitative estimate of drug-likeness (QED) is 0.737. The van der Waals surface area contributed by atoms with Gasteiger partial charge >= 0.3 is 6.09 Å². The molecule has 3 N–H and O–H groups in total. The van der Waals surface area contributed by atoms with Crippen LogP contribution < -0.4 is 5.32 Å². The van der Waals surface area contributed by atoms with E-state index in [0.29, 0.717) is 6.54 Å². The van der Waals surface area contributed by atoms with Crippen molar-refractivity contribution in [3.05, 3.63) is 29.8 Å². The first kappa shape index (κ1) is 13.4. The van der Waals surface area contributed by atoms with Gasteiger partial charge in [-0.1, -0.05) is 32.0 Å². The molecular weight excluding hydrogens is 218 g/mol. The van der Waals surface area contributed by atoms with Crippen molar-refractivity contribution < 1.29 is 15.0 Å². The normalized spacial score (nSPS) is 11.2. The van der Waals surface area contributed by atoms with Crippen LogP contribution in [0.2, 0.25) is 0 Å². The summed E-state index contributed by atoms with van der Waals surface area (Å²) in [6.07, 6.45) is 0.495. The molecule has 0 radical (unpaired) electrons. The fraction of sp³-hybridized carbons (Fsp3) is 0.462. The standard InChI is InChI=1S/C13H19NO3/c1-3-13(4-2,9-14-12(16)17)10-7-5-6-8-11(10)15/h5-8,14-15H,3-4,9H2,1-2H3,(H,16,17). The lowest BCUT2D eigenvalue weighted by Crippen LogP contribution is -2.39. The maximum atomic E-state index is 10.6. The van der Waals surface area contributed by atoms with Gasteiger partial charge in [0.1, 0.15) is 5.75 Å². The summed E-state index contributed by atoms with van der Waals surface area (Å²) in [5.41, 5.74) is 0.461. The number of hydrogen-bond acceptors (Lipinski definition) is 2. The highest BCUT2D eigenvalue weighted by Crippen LogP contribution is 2.36. The third-order valence-corrected chi connectivity index (χ3v) is 3.41. The number of phenolic OH excluding ortho intramolecular Hbond substituents is 1. The number of rotatable bonds is 5. The van der Waals surface area contributed by atoms with Crippen LogP contribution in [0.3, 0.4) is 0 Å². The van der Waals surface area contributed by atoms with Crippen LogP contribution in [0.4, 0.5) is 4.79 Å². The lowest BCUT2D eigenvalue weighted by Gasteiger charge is -2.32. The highest BCUT2D eigenvalue weighted by molar-refractivity contribution is 5.64. The Hall–Kier alpha value is -1.71. The van der Waals surface area contributed by atoms with E-state index in [-0.39, 0.29) is 11.2 Å². The summed E-state index contributed by atoms with van der Waals surface area (Å²) < 4.78 is 0. The van der Waals surface area contributed by atoms with Crippen LogP contribution >= 0.6 is 0 Å². The van der Waals surface area contributed by atoms with Crippen molar-refractivity contribution in [2.45, 2.75) is 32.1 Å². The van der Waals surface area contributed by atoms with Crippen LogP contribution in [0.1, 0.15) is 32.3 Å². The van der Waals surface area contributed by atoms with Crippen molar-refractivity contribution in [3.63, 3.8) is 0 Å². The van der Waals surface area contributed by atoms with Crippen molar-refractivity contribution in [2.24, 2.45) is 0 Å². The zero-order valence-electron chi connectivity index (χ0n) is 10.2. The van der Waals surface area contributed by atoms with Gasteiger partial charge in [-0.3, -0.25) is 0 Å². The number of para-hydroxylation sites is 1. The second kappa shape index (κ2) is 5.57. The predicted molar refractivity (Wildman–Crippen MR) is 66.4 cm³/mol. The average molecular weight is 237 g/mol. The van der Waals surface area contributed by atoms with Gasteiger partial charge in [0.25, 0.3) is 0 Å². The molecule has 0 aliphatic carbocycles. The molecule has 0 unspecified atom stereocenters. The zero-order chi connectivity index (χ0) is 12.9. The summed E-state index contributed by atoms with van der Waals surface area (Å²) in [7, 11) is 0. The monoisotopic (exact) mass is 237 g/mol. The molecule has 0 aliphatic heterocycles. The zero-order valence-corrected chi connectivity index (χ0v) is 10.2. The SMILES string of the molecule is CCC(CC)(CNC(=O)O)c1ccccc1O. The second-order valence-electron chi connectivity index (χ2n) is 4.16. The Labute approximate surface area is 101 Å². The third kappa shape index (κ3) is 2.90. The smallest absolute Gasteiger partial charge is 0.404 e. The lowest BCUT2D eigenvalue weighted by molar-refractivity contribution is 0.189. The summed E-state index contributed by atoms with van der Waals surface area (Å²) in [5.74, 6) is 0.225. The van der Waals surface area contributed by atoms with Gasteiger partial charge in [0, 0.05) is 17.5 Å². The Morgan fingerprint density at radius 3 is 2.35 bits per heavy atom. The van der Waals surface area contributed by atoms with Gasteiger partial charge < -0.3 is 15.5 Å². The lowest BCUT2D eigenvalue weighted by atomic mass is 9.75. The van der Waals surface area contributed by atoms with Gasteiger partial charge in [0.15, 0.2) is 0 Å². The van der Waals surface area contributed by atoms with Crippen LogP contribution in [0.5, 0.6) is 5.75 Å². The van der Waals surface area contributed by atoms with Crippen LogP contribution in [0, 0.1) is 0 Å². The number of phenols is 1. The summed E-state index contributed by atoms with van der Waals surface area (Å²) in [6.45, 7) is 4.31. The van der Waals surface area contributed by atoms with Crippen LogP contribution in [0.15, 0.2) is 24.3 Å². The molecule has 0 saturated carbocycles. The second-order valence-corrected chi connectivity index (χ2v) is 4.16. The average Bonchev–Trinajstić information content (AvgIpc) is 2.32. The molecule has 0 spiro atoms. The van der Waals surface area contributed by atoms with E-state index in [1.807, 2.05) is 26.0 Å².